The molecule has 2 unspecified atom stereocenters. The van der Waals surface area contributed by atoms with Crippen LogP contribution in [0.25, 0.3) is 0 Å². The molecule has 15 heavy (non-hydrogen) atoms. The molecule has 0 radical (unpaired) electrons. The van der Waals surface area contributed by atoms with Crippen LogP contribution in [0.4, 0.5) is 0 Å². The molecular formula is C13H22O2. The summed E-state index contributed by atoms with van der Waals surface area (Å²) in [6.45, 7) is 7.95. The predicted octanol–water partition coefficient (Wildman–Crippen LogP) is 3.62. The lowest BCUT2D eigenvalue weighted by Crippen LogP contribution is -2.36. The van der Waals surface area contributed by atoms with Crippen molar-refractivity contribution in [3.8, 4) is 0 Å². The average molecular weight is 210 g/mol. The molecule has 0 spiro atoms. The van der Waals surface area contributed by atoms with Crippen LogP contribution in [0.15, 0.2) is 12.2 Å². The van der Waals surface area contributed by atoms with Crippen LogP contribution in [0.1, 0.15) is 52.4 Å². The van der Waals surface area contributed by atoms with Crippen LogP contribution in [-0.4, -0.2) is 11.1 Å². The summed E-state index contributed by atoms with van der Waals surface area (Å²) in [4.78, 5) is 11.4. The quantitative estimate of drug-likeness (QED) is 0.719. The van der Waals surface area contributed by atoms with Crippen molar-refractivity contribution in [1.82, 2.24) is 0 Å². The van der Waals surface area contributed by atoms with Crippen molar-refractivity contribution in [3.63, 3.8) is 0 Å². The molecule has 1 fully saturated rings. The van der Waals surface area contributed by atoms with Gasteiger partial charge in [-0.2, -0.15) is 0 Å². The van der Waals surface area contributed by atoms with Gasteiger partial charge in [0, 0.05) is 0 Å². The zero-order chi connectivity index (χ0) is 11.5. The first-order chi connectivity index (χ1) is 7.00. The second-order valence-corrected chi connectivity index (χ2v) is 5.09. The highest BCUT2D eigenvalue weighted by Gasteiger charge is 2.42. The number of carboxylic acids is 1. The fourth-order valence-electron chi connectivity index (χ4n) is 2.84. The van der Waals surface area contributed by atoms with Crippen molar-refractivity contribution in [3.05, 3.63) is 12.2 Å². The molecule has 0 saturated heterocycles. The molecule has 0 bridgehead atoms. The second kappa shape index (κ2) is 4.82. The van der Waals surface area contributed by atoms with E-state index >= 15 is 0 Å². The normalized spacial score (nSPS) is 31.2. The lowest BCUT2D eigenvalue weighted by atomic mass is 9.66. The maximum atomic E-state index is 11.4. The Hall–Kier alpha value is -0.790. The van der Waals surface area contributed by atoms with Crippen LogP contribution >= 0.6 is 0 Å². The summed E-state index contributed by atoms with van der Waals surface area (Å²) in [5.74, 6) is -0.0298. The summed E-state index contributed by atoms with van der Waals surface area (Å²) >= 11 is 0. The Balaban J connectivity index is 2.80. The number of rotatable bonds is 4. The Morgan fingerprint density at radius 2 is 2.27 bits per heavy atom. The molecule has 0 amide bonds. The molecule has 1 saturated carbocycles. The van der Waals surface area contributed by atoms with Gasteiger partial charge in [0.15, 0.2) is 0 Å². The molecule has 1 N–H and O–H groups in total. The number of allylic oxidation sites excluding steroid dienone is 1. The molecule has 86 valence electrons. The van der Waals surface area contributed by atoms with E-state index in [1.54, 1.807) is 0 Å². The molecular weight excluding hydrogens is 188 g/mol. The third-order valence-corrected chi connectivity index (χ3v) is 3.62. The highest BCUT2D eigenvalue weighted by atomic mass is 16.4. The van der Waals surface area contributed by atoms with Crippen LogP contribution in [0.3, 0.4) is 0 Å². The molecule has 2 heteroatoms. The molecule has 1 aliphatic rings. The molecule has 0 aromatic rings. The Morgan fingerprint density at radius 1 is 1.60 bits per heavy atom. The monoisotopic (exact) mass is 210 g/mol. The van der Waals surface area contributed by atoms with Gasteiger partial charge in [0.25, 0.3) is 0 Å². The van der Waals surface area contributed by atoms with Crippen molar-refractivity contribution >= 4 is 5.97 Å². The van der Waals surface area contributed by atoms with E-state index in [1.165, 1.54) is 6.42 Å². The fourth-order valence-corrected chi connectivity index (χ4v) is 2.84. The van der Waals surface area contributed by atoms with Gasteiger partial charge in [0.2, 0.25) is 0 Å². The number of carbonyl (C=O) groups is 1. The van der Waals surface area contributed by atoms with Crippen molar-refractivity contribution in [1.29, 1.82) is 0 Å². The molecule has 2 nitrogen and oxygen atoms in total. The number of carboxylic acid groups (broad SMARTS) is 1. The van der Waals surface area contributed by atoms with E-state index < -0.39 is 11.4 Å². The third-order valence-electron chi connectivity index (χ3n) is 3.62. The molecule has 0 heterocycles. The van der Waals surface area contributed by atoms with Crippen molar-refractivity contribution < 1.29 is 9.90 Å². The lowest BCUT2D eigenvalue weighted by molar-refractivity contribution is -0.152. The third kappa shape index (κ3) is 2.83. The van der Waals surface area contributed by atoms with E-state index in [0.29, 0.717) is 12.3 Å². The highest BCUT2D eigenvalue weighted by Crippen LogP contribution is 2.44. The van der Waals surface area contributed by atoms with Crippen LogP contribution in [-0.2, 0) is 4.79 Å². The Morgan fingerprint density at radius 3 is 2.73 bits per heavy atom. The number of aliphatic carboxylic acids is 1. The maximum Gasteiger partial charge on any atom is 0.309 e. The van der Waals surface area contributed by atoms with Gasteiger partial charge >= 0.3 is 5.97 Å². The predicted molar refractivity (Wildman–Crippen MR) is 61.7 cm³/mol. The van der Waals surface area contributed by atoms with Crippen molar-refractivity contribution in [2.45, 2.75) is 52.4 Å². The minimum Gasteiger partial charge on any atom is -0.481 e. The van der Waals surface area contributed by atoms with E-state index in [-0.39, 0.29) is 0 Å². The highest BCUT2D eigenvalue weighted by molar-refractivity contribution is 5.75. The minimum absolute atomic E-state index is 0.509. The van der Waals surface area contributed by atoms with Gasteiger partial charge in [-0.3, -0.25) is 4.79 Å². The van der Waals surface area contributed by atoms with Gasteiger partial charge in [-0.1, -0.05) is 31.8 Å². The minimum atomic E-state index is -0.622. The molecule has 1 rings (SSSR count). The van der Waals surface area contributed by atoms with Crippen LogP contribution in [0, 0.1) is 11.3 Å². The first-order valence-corrected chi connectivity index (χ1v) is 5.88. The summed E-state index contributed by atoms with van der Waals surface area (Å²) < 4.78 is 0. The van der Waals surface area contributed by atoms with Gasteiger partial charge in [-0.25, -0.2) is 0 Å². The molecule has 0 aromatic heterocycles. The van der Waals surface area contributed by atoms with E-state index in [1.807, 2.05) is 6.92 Å². The standard InChI is InChI=1S/C13H22O2/c1-4-11-6-5-7-13(9-11,12(14)15)8-10(2)3/h11H,2,4-9H2,1,3H3,(H,14,15). The zero-order valence-electron chi connectivity index (χ0n) is 9.88. The molecule has 2 atom stereocenters. The Labute approximate surface area is 92.4 Å². The largest absolute Gasteiger partial charge is 0.481 e. The first-order valence-electron chi connectivity index (χ1n) is 5.88. The van der Waals surface area contributed by atoms with Gasteiger partial charge in [0.05, 0.1) is 5.41 Å². The van der Waals surface area contributed by atoms with Crippen LogP contribution < -0.4 is 0 Å². The second-order valence-electron chi connectivity index (χ2n) is 5.09. The smallest absolute Gasteiger partial charge is 0.309 e. The van der Waals surface area contributed by atoms with Crippen LogP contribution in [0.5, 0.6) is 0 Å². The molecule has 1 aliphatic carbocycles. The SMILES string of the molecule is C=C(C)CC1(C(=O)O)CCCC(CC)C1. The van der Waals surface area contributed by atoms with E-state index in [2.05, 4.69) is 13.5 Å². The summed E-state index contributed by atoms with van der Waals surface area (Å²) in [5, 5.41) is 9.41. The summed E-state index contributed by atoms with van der Waals surface area (Å²) in [6.07, 6.45) is 5.67. The van der Waals surface area contributed by atoms with E-state index in [0.717, 1.165) is 31.3 Å². The van der Waals surface area contributed by atoms with Gasteiger partial charge in [-0.05, 0) is 32.1 Å². The van der Waals surface area contributed by atoms with Gasteiger partial charge in [0.1, 0.15) is 0 Å². The molecule has 0 aliphatic heterocycles. The van der Waals surface area contributed by atoms with Crippen molar-refractivity contribution in [2.75, 3.05) is 0 Å². The van der Waals surface area contributed by atoms with Crippen molar-refractivity contribution in [2.24, 2.45) is 11.3 Å². The zero-order valence-corrected chi connectivity index (χ0v) is 9.88. The summed E-state index contributed by atoms with van der Waals surface area (Å²) in [7, 11) is 0. The number of hydrogen-bond acceptors (Lipinski definition) is 1. The molecule has 0 aromatic carbocycles. The van der Waals surface area contributed by atoms with Crippen LogP contribution in [0.2, 0.25) is 0 Å². The fraction of sp³-hybridized carbons (Fsp3) is 0.769. The van der Waals surface area contributed by atoms with E-state index in [9.17, 15) is 9.90 Å². The average Bonchev–Trinajstić information content (AvgIpc) is 2.16. The summed E-state index contributed by atoms with van der Waals surface area (Å²) in [6, 6.07) is 0. The van der Waals surface area contributed by atoms with E-state index in [4.69, 9.17) is 0 Å². The van der Waals surface area contributed by atoms with Gasteiger partial charge < -0.3 is 5.11 Å². The Bertz CT molecular complexity index is 257. The topological polar surface area (TPSA) is 37.3 Å². The van der Waals surface area contributed by atoms with Gasteiger partial charge in [-0.15, -0.1) is 6.58 Å². The summed E-state index contributed by atoms with van der Waals surface area (Å²) in [5.41, 5.74) is 0.485. The Kier molecular flexibility index (Phi) is 3.95. The first kappa shape index (κ1) is 12.3. The maximum absolute atomic E-state index is 11.4. The number of hydrogen-bond donors (Lipinski definition) is 1. The lowest BCUT2D eigenvalue weighted by Gasteiger charge is -2.37.